The van der Waals surface area contributed by atoms with Crippen LogP contribution in [-0.2, 0) is 10.0 Å². The highest BCUT2D eigenvalue weighted by molar-refractivity contribution is 7.89. The molecule has 98 valence electrons. The molecule has 2 aliphatic rings. The molecule has 2 fully saturated rings. The summed E-state index contributed by atoms with van der Waals surface area (Å²) in [6, 6.07) is 5.69. The van der Waals surface area contributed by atoms with E-state index < -0.39 is 15.8 Å². The molecule has 2 N–H and O–H groups in total. The van der Waals surface area contributed by atoms with Crippen LogP contribution in [0.25, 0.3) is 0 Å². The van der Waals surface area contributed by atoms with Gasteiger partial charge in [0.1, 0.15) is 10.7 Å². The first-order valence-electron chi connectivity index (χ1n) is 5.93. The number of rotatable bonds is 2. The number of halogens is 1. The Morgan fingerprint density at radius 3 is 2.44 bits per heavy atom. The summed E-state index contributed by atoms with van der Waals surface area (Å²) in [5, 5.41) is 0. The normalized spacial score (nSPS) is 23.7. The highest BCUT2D eigenvalue weighted by Gasteiger charge is 2.54. The summed E-state index contributed by atoms with van der Waals surface area (Å²) >= 11 is 0. The molecule has 0 unspecified atom stereocenters. The van der Waals surface area contributed by atoms with Crippen LogP contribution < -0.4 is 5.73 Å². The van der Waals surface area contributed by atoms with Gasteiger partial charge in [-0.25, -0.2) is 12.8 Å². The van der Waals surface area contributed by atoms with Gasteiger partial charge in [-0.2, -0.15) is 4.31 Å². The first-order valence-corrected chi connectivity index (χ1v) is 7.37. The van der Waals surface area contributed by atoms with Crippen LogP contribution in [0.4, 0.5) is 4.39 Å². The average molecular weight is 270 g/mol. The summed E-state index contributed by atoms with van der Waals surface area (Å²) in [7, 11) is -3.68. The Kier molecular flexibility index (Phi) is 2.52. The summed E-state index contributed by atoms with van der Waals surface area (Å²) in [5.74, 6) is -0.691. The third-order valence-electron chi connectivity index (χ3n) is 3.87. The maximum Gasteiger partial charge on any atom is 0.246 e. The smallest absolute Gasteiger partial charge is 0.246 e. The zero-order chi connectivity index (χ0) is 13.0. The predicted octanol–water partition coefficient (Wildman–Crippen LogP) is 0.937. The highest BCUT2D eigenvalue weighted by Crippen LogP contribution is 2.49. The Labute approximate surface area is 106 Å². The predicted molar refractivity (Wildman–Crippen MR) is 64.8 cm³/mol. The minimum Gasteiger partial charge on any atom is -0.328 e. The maximum atomic E-state index is 13.5. The fourth-order valence-electron chi connectivity index (χ4n) is 2.98. The van der Waals surface area contributed by atoms with Crippen LogP contribution in [0, 0.1) is 11.2 Å². The largest absolute Gasteiger partial charge is 0.328 e. The van der Waals surface area contributed by atoms with Gasteiger partial charge < -0.3 is 5.73 Å². The highest BCUT2D eigenvalue weighted by atomic mass is 32.2. The van der Waals surface area contributed by atoms with Crippen LogP contribution in [0.15, 0.2) is 29.2 Å². The van der Waals surface area contributed by atoms with Crippen molar-refractivity contribution >= 4 is 10.0 Å². The third kappa shape index (κ3) is 1.67. The first kappa shape index (κ1) is 12.1. The lowest BCUT2D eigenvalue weighted by Crippen LogP contribution is -2.66. The molecular formula is C12H15FN2O2S. The van der Waals surface area contributed by atoms with Crippen molar-refractivity contribution in [1.29, 1.82) is 0 Å². The van der Waals surface area contributed by atoms with Gasteiger partial charge in [-0.15, -0.1) is 0 Å². The molecule has 1 spiro atoms. The molecule has 1 aliphatic heterocycles. The number of nitrogens with two attached hydrogens (primary N) is 1. The van der Waals surface area contributed by atoms with Crippen molar-refractivity contribution in [2.45, 2.75) is 23.8 Å². The molecule has 1 heterocycles. The van der Waals surface area contributed by atoms with Crippen LogP contribution in [0.2, 0.25) is 0 Å². The van der Waals surface area contributed by atoms with Gasteiger partial charge in [0.2, 0.25) is 10.0 Å². The van der Waals surface area contributed by atoms with Crippen molar-refractivity contribution in [1.82, 2.24) is 4.31 Å². The van der Waals surface area contributed by atoms with Crippen molar-refractivity contribution in [3.8, 4) is 0 Å². The Balaban J connectivity index is 1.80. The standard InChI is InChI=1S/C12H15FN2O2S/c13-10-3-1-2-4-11(10)18(16,17)15-7-12(8-15)5-9(14)6-12/h1-4,9H,5-8,14H2. The molecule has 1 saturated heterocycles. The molecule has 1 aliphatic carbocycles. The molecule has 1 aromatic rings. The van der Waals surface area contributed by atoms with Crippen molar-refractivity contribution in [3.05, 3.63) is 30.1 Å². The minimum absolute atomic E-state index is 0.0672. The van der Waals surface area contributed by atoms with Crippen LogP contribution in [-0.4, -0.2) is 31.9 Å². The first-order chi connectivity index (χ1) is 8.43. The molecule has 1 saturated carbocycles. The monoisotopic (exact) mass is 270 g/mol. The second kappa shape index (κ2) is 3.76. The zero-order valence-electron chi connectivity index (χ0n) is 9.84. The van der Waals surface area contributed by atoms with E-state index in [4.69, 9.17) is 5.73 Å². The minimum atomic E-state index is -3.68. The van der Waals surface area contributed by atoms with E-state index in [0.717, 1.165) is 12.8 Å². The van der Waals surface area contributed by atoms with Crippen LogP contribution in [0.5, 0.6) is 0 Å². The molecule has 4 nitrogen and oxygen atoms in total. The number of hydrogen-bond donors (Lipinski definition) is 1. The number of benzene rings is 1. The van der Waals surface area contributed by atoms with Crippen LogP contribution >= 0.6 is 0 Å². The lowest BCUT2D eigenvalue weighted by atomic mass is 9.62. The van der Waals surface area contributed by atoms with Gasteiger partial charge in [0.15, 0.2) is 0 Å². The van der Waals surface area contributed by atoms with E-state index in [9.17, 15) is 12.8 Å². The summed E-state index contributed by atoms with van der Waals surface area (Å²) in [5.41, 5.74) is 5.79. The third-order valence-corrected chi connectivity index (χ3v) is 5.69. The number of hydrogen-bond acceptors (Lipinski definition) is 3. The summed E-state index contributed by atoms with van der Waals surface area (Å²) in [4.78, 5) is -0.233. The molecule has 6 heteroatoms. The van der Waals surface area contributed by atoms with E-state index in [-0.39, 0.29) is 16.4 Å². The summed E-state index contributed by atoms with van der Waals surface area (Å²) in [6.07, 6.45) is 1.74. The fraction of sp³-hybridized carbons (Fsp3) is 0.500. The van der Waals surface area contributed by atoms with Crippen molar-refractivity contribution in [2.24, 2.45) is 11.1 Å². The second-order valence-electron chi connectivity index (χ2n) is 5.37. The van der Waals surface area contributed by atoms with Crippen molar-refractivity contribution in [2.75, 3.05) is 13.1 Å². The van der Waals surface area contributed by atoms with Gasteiger partial charge in [0.25, 0.3) is 0 Å². The fourth-order valence-corrected chi connectivity index (χ4v) is 4.71. The van der Waals surface area contributed by atoms with Gasteiger partial charge in [-0.05, 0) is 25.0 Å². The number of sulfonamides is 1. The van der Waals surface area contributed by atoms with Crippen LogP contribution in [0.3, 0.4) is 0 Å². The van der Waals surface area contributed by atoms with Gasteiger partial charge in [0.05, 0.1) is 0 Å². The van der Waals surface area contributed by atoms with Crippen molar-refractivity contribution in [3.63, 3.8) is 0 Å². The Morgan fingerprint density at radius 1 is 1.28 bits per heavy atom. The van der Waals surface area contributed by atoms with E-state index >= 15 is 0 Å². The van der Waals surface area contributed by atoms with Crippen molar-refractivity contribution < 1.29 is 12.8 Å². The molecule has 18 heavy (non-hydrogen) atoms. The van der Waals surface area contributed by atoms with Gasteiger partial charge in [-0.1, -0.05) is 12.1 Å². The summed E-state index contributed by atoms with van der Waals surface area (Å²) < 4.78 is 39.3. The van der Waals surface area contributed by atoms with E-state index in [0.29, 0.717) is 13.1 Å². The Bertz CT molecular complexity index is 573. The SMILES string of the molecule is NC1CC2(C1)CN(S(=O)(=O)c1ccccc1F)C2. The second-order valence-corrected chi connectivity index (χ2v) is 7.28. The molecule has 0 amide bonds. The topological polar surface area (TPSA) is 63.4 Å². The van der Waals surface area contributed by atoms with Gasteiger partial charge >= 0.3 is 0 Å². The summed E-state index contributed by atoms with van der Waals surface area (Å²) in [6.45, 7) is 0.939. The molecule has 0 atom stereocenters. The molecule has 1 aromatic carbocycles. The Morgan fingerprint density at radius 2 is 1.89 bits per heavy atom. The average Bonchev–Trinajstić information content (AvgIpc) is 2.21. The zero-order valence-corrected chi connectivity index (χ0v) is 10.7. The van der Waals surface area contributed by atoms with Gasteiger partial charge in [-0.3, -0.25) is 0 Å². The maximum absolute atomic E-state index is 13.5. The molecular weight excluding hydrogens is 255 g/mol. The van der Waals surface area contributed by atoms with E-state index in [1.165, 1.54) is 28.6 Å². The lowest BCUT2D eigenvalue weighted by molar-refractivity contribution is -0.0230. The molecule has 3 rings (SSSR count). The molecule has 0 aromatic heterocycles. The molecule has 0 radical (unpaired) electrons. The van der Waals surface area contributed by atoms with Gasteiger partial charge in [0, 0.05) is 24.5 Å². The van der Waals surface area contributed by atoms with Crippen LogP contribution in [0.1, 0.15) is 12.8 Å². The van der Waals surface area contributed by atoms with E-state index in [1.54, 1.807) is 0 Å². The van der Waals surface area contributed by atoms with E-state index in [2.05, 4.69) is 0 Å². The van der Waals surface area contributed by atoms with E-state index in [1.807, 2.05) is 0 Å². The quantitative estimate of drug-likeness (QED) is 0.870. The Hall–Kier alpha value is -0.980. The number of nitrogens with zero attached hydrogens (tertiary/aromatic N) is 1. The molecule has 0 bridgehead atoms. The lowest BCUT2D eigenvalue weighted by Gasteiger charge is -2.57.